The molecule has 0 heterocycles. The monoisotopic (exact) mass is 339 g/mol. The maximum atomic E-state index is 13.4. The van der Waals surface area contributed by atoms with Crippen molar-refractivity contribution in [2.24, 2.45) is 4.99 Å². The first-order chi connectivity index (χ1) is 11.1. The molecule has 0 aromatic rings. The van der Waals surface area contributed by atoms with Gasteiger partial charge in [-0.25, -0.2) is 4.99 Å². The van der Waals surface area contributed by atoms with Gasteiger partial charge in [0.15, 0.2) is 5.78 Å². The molecule has 0 aliphatic heterocycles. The number of aliphatic imine (C=N–C) groups is 1. The molecule has 0 atom stereocenters. The first kappa shape index (κ1) is 19.7. The zero-order chi connectivity index (χ0) is 18.5. The predicted molar refractivity (Wildman–Crippen MR) is 88.9 cm³/mol. The lowest BCUT2D eigenvalue weighted by atomic mass is 10.0. The summed E-state index contributed by atoms with van der Waals surface area (Å²) in [7, 11) is 0. The van der Waals surface area contributed by atoms with Crippen LogP contribution in [0.25, 0.3) is 0 Å². The summed E-state index contributed by atoms with van der Waals surface area (Å²) in [5.74, 6) is -1.03. The second kappa shape index (κ2) is 7.95. The van der Waals surface area contributed by atoms with Crippen molar-refractivity contribution in [2.75, 3.05) is 0 Å². The van der Waals surface area contributed by atoms with Crippen LogP contribution in [0.2, 0.25) is 0 Å². The highest BCUT2D eigenvalue weighted by molar-refractivity contribution is 6.04. The summed E-state index contributed by atoms with van der Waals surface area (Å²) in [5, 5.41) is 9.44. The van der Waals surface area contributed by atoms with E-state index in [1.54, 1.807) is 19.1 Å². The van der Waals surface area contributed by atoms with Gasteiger partial charge in [-0.1, -0.05) is 24.3 Å². The first-order valence-electron chi connectivity index (χ1n) is 7.36. The van der Waals surface area contributed by atoms with E-state index in [-0.39, 0.29) is 11.4 Å². The Kier molecular flexibility index (Phi) is 6.51. The van der Waals surface area contributed by atoms with Gasteiger partial charge in [-0.2, -0.15) is 13.2 Å². The van der Waals surface area contributed by atoms with Crippen molar-refractivity contribution in [1.29, 1.82) is 0 Å². The summed E-state index contributed by atoms with van der Waals surface area (Å²) < 4.78 is 40.3. The highest BCUT2D eigenvalue weighted by Crippen LogP contribution is 2.31. The van der Waals surface area contributed by atoms with Crippen LogP contribution in [-0.4, -0.2) is 22.8 Å². The van der Waals surface area contributed by atoms with E-state index in [1.807, 2.05) is 12.2 Å². The maximum absolute atomic E-state index is 13.4. The number of alkyl halides is 3. The van der Waals surface area contributed by atoms with Gasteiger partial charge in [0.1, 0.15) is 11.5 Å². The molecular formula is C18H20F3NO2. The first-order valence-corrected chi connectivity index (χ1v) is 7.36. The third-order valence-corrected chi connectivity index (χ3v) is 3.37. The molecule has 0 saturated heterocycles. The molecule has 0 radical (unpaired) electrons. The lowest BCUT2D eigenvalue weighted by Gasteiger charge is -2.14. The quantitative estimate of drug-likeness (QED) is 0.326. The molecule has 24 heavy (non-hydrogen) atoms. The summed E-state index contributed by atoms with van der Waals surface area (Å²) >= 11 is 0. The van der Waals surface area contributed by atoms with Gasteiger partial charge in [-0.05, 0) is 44.4 Å². The number of hydrogen-bond acceptors (Lipinski definition) is 3. The van der Waals surface area contributed by atoms with Crippen LogP contribution in [0.3, 0.4) is 0 Å². The zero-order valence-electron chi connectivity index (χ0n) is 14.0. The fourth-order valence-corrected chi connectivity index (χ4v) is 2.19. The van der Waals surface area contributed by atoms with E-state index in [0.29, 0.717) is 17.6 Å². The Hall–Kier alpha value is -2.37. The fourth-order valence-electron chi connectivity index (χ4n) is 2.19. The van der Waals surface area contributed by atoms with E-state index in [9.17, 15) is 23.1 Å². The summed E-state index contributed by atoms with van der Waals surface area (Å²) in [6.45, 7) is 5.15. The molecule has 0 bridgehead atoms. The Bertz CT molecular complexity index is 698. The number of carbonyl (C=O) groups is 1. The Morgan fingerprint density at radius 3 is 2.29 bits per heavy atom. The molecular weight excluding hydrogens is 319 g/mol. The Labute approximate surface area is 139 Å². The van der Waals surface area contributed by atoms with Crippen molar-refractivity contribution in [3.63, 3.8) is 0 Å². The van der Waals surface area contributed by atoms with Crippen LogP contribution < -0.4 is 0 Å². The van der Waals surface area contributed by atoms with Crippen molar-refractivity contribution < 1.29 is 23.1 Å². The van der Waals surface area contributed by atoms with Crippen LogP contribution in [0, 0.1) is 0 Å². The van der Waals surface area contributed by atoms with E-state index < -0.39 is 23.3 Å². The number of Topliss-reactive ketones (excluding diaryl/α,β-unsaturated/α-hetero) is 1. The molecule has 130 valence electrons. The smallest absolute Gasteiger partial charge is 0.418 e. The minimum absolute atomic E-state index is 0.385. The molecule has 0 fully saturated rings. The minimum atomic E-state index is -4.64. The van der Waals surface area contributed by atoms with E-state index >= 15 is 0 Å². The molecule has 1 N–H and O–H groups in total. The number of allylic oxidation sites excluding steroid dienone is 10. The molecule has 0 spiro atoms. The second-order valence-corrected chi connectivity index (χ2v) is 5.28. The predicted octanol–water partition coefficient (Wildman–Crippen LogP) is 5.15. The standard InChI is InChI=1S/C18H20F3NO2/c1-5-14(15-8-6-7-9-15)10-16(18(19,20)21)11(2)22-17(12(3)23)13(4)24/h5-6,8-10,23H,7H2,1-4H3/b14-5+,16-10+,17-12+,22-11+. The lowest BCUT2D eigenvalue weighted by molar-refractivity contribution is -0.113. The van der Waals surface area contributed by atoms with Crippen molar-refractivity contribution >= 4 is 11.5 Å². The van der Waals surface area contributed by atoms with E-state index in [1.165, 1.54) is 6.92 Å². The van der Waals surface area contributed by atoms with Gasteiger partial charge in [-0.15, -0.1) is 0 Å². The highest BCUT2D eigenvalue weighted by Gasteiger charge is 2.36. The van der Waals surface area contributed by atoms with Crippen LogP contribution in [0.4, 0.5) is 13.2 Å². The number of ketones is 1. The van der Waals surface area contributed by atoms with Gasteiger partial charge in [0.05, 0.1) is 11.3 Å². The van der Waals surface area contributed by atoms with Gasteiger partial charge in [0.2, 0.25) is 0 Å². The summed E-state index contributed by atoms with van der Waals surface area (Å²) in [6, 6.07) is 0. The van der Waals surface area contributed by atoms with Gasteiger partial charge in [0, 0.05) is 6.92 Å². The number of rotatable bonds is 5. The number of halogens is 3. The summed E-state index contributed by atoms with van der Waals surface area (Å²) in [4.78, 5) is 15.1. The third-order valence-electron chi connectivity index (χ3n) is 3.37. The van der Waals surface area contributed by atoms with Crippen LogP contribution in [0.15, 0.2) is 63.5 Å². The van der Waals surface area contributed by atoms with Gasteiger partial charge in [-0.3, -0.25) is 4.79 Å². The van der Waals surface area contributed by atoms with Crippen molar-refractivity contribution in [3.05, 3.63) is 58.6 Å². The molecule has 1 aliphatic carbocycles. The second-order valence-electron chi connectivity index (χ2n) is 5.28. The molecule has 0 aromatic carbocycles. The Morgan fingerprint density at radius 1 is 1.29 bits per heavy atom. The normalized spacial score (nSPS) is 17.8. The average molecular weight is 339 g/mol. The maximum Gasteiger partial charge on any atom is 0.418 e. The SMILES string of the molecule is C\C=C(/C=C(\C(C)=N\C(C(C)=O)=C(/C)O)C(F)(F)F)C1=CCC=C1. The summed E-state index contributed by atoms with van der Waals surface area (Å²) in [6.07, 6.45) is 4.05. The number of hydrogen-bond donors (Lipinski definition) is 1. The van der Waals surface area contributed by atoms with Crippen LogP contribution >= 0.6 is 0 Å². The number of carbonyl (C=O) groups excluding carboxylic acids is 1. The van der Waals surface area contributed by atoms with Crippen LogP contribution in [-0.2, 0) is 4.79 Å². The molecule has 0 aromatic heterocycles. The molecule has 1 rings (SSSR count). The Balaban J connectivity index is 3.43. The number of aliphatic hydroxyl groups excluding tert-OH is 1. The van der Waals surface area contributed by atoms with Crippen molar-refractivity contribution in [1.82, 2.24) is 0 Å². The minimum Gasteiger partial charge on any atom is -0.510 e. The Morgan fingerprint density at radius 2 is 1.92 bits per heavy atom. The number of nitrogens with zero attached hydrogens (tertiary/aromatic N) is 1. The molecule has 0 amide bonds. The van der Waals surface area contributed by atoms with Gasteiger partial charge < -0.3 is 5.11 Å². The molecule has 0 saturated carbocycles. The molecule has 3 nitrogen and oxygen atoms in total. The molecule has 0 unspecified atom stereocenters. The van der Waals surface area contributed by atoms with Gasteiger partial charge >= 0.3 is 6.18 Å². The van der Waals surface area contributed by atoms with Crippen LogP contribution in [0.1, 0.15) is 34.1 Å². The van der Waals surface area contributed by atoms with E-state index in [0.717, 1.165) is 19.9 Å². The largest absolute Gasteiger partial charge is 0.510 e. The topological polar surface area (TPSA) is 49.7 Å². The van der Waals surface area contributed by atoms with Crippen molar-refractivity contribution in [2.45, 2.75) is 40.3 Å². The lowest BCUT2D eigenvalue weighted by Crippen LogP contribution is -2.19. The number of aliphatic hydroxyl groups is 1. The van der Waals surface area contributed by atoms with E-state index in [2.05, 4.69) is 4.99 Å². The third kappa shape index (κ3) is 5.08. The van der Waals surface area contributed by atoms with Crippen molar-refractivity contribution in [3.8, 4) is 0 Å². The molecule has 1 aliphatic rings. The van der Waals surface area contributed by atoms with Gasteiger partial charge in [0.25, 0.3) is 0 Å². The fraction of sp³-hybridized carbons (Fsp3) is 0.333. The highest BCUT2D eigenvalue weighted by atomic mass is 19.4. The molecule has 6 heteroatoms. The summed E-state index contributed by atoms with van der Waals surface area (Å²) in [5.41, 5.74) is -0.614. The van der Waals surface area contributed by atoms with E-state index in [4.69, 9.17) is 0 Å². The average Bonchev–Trinajstić information content (AvgIpc) is 2.97. The zero-order valence-corrected chi connectivity index (χ0v) is 14.0. The van der Waals surface area contributed by atoms with Crippen LogP contribution in [0.5, 0.6) is 0 Å².